The van der Waals surface area contributed by atoms with E-state index in [1.165, 1.54) is 6.07 Å². The molecule has 0 spiro atoms. The number of carbonyl (C=O) groups excluding carboxylic acids is 2. The number of alkyl halides is 3. The van der Waals surface area contributed by atoms with Gasteiger partial charge in [-0.3, -0.25) is 9.59 Å². The van der Waals surface area contributed by atoms with E-state index in [0.717, 1.165) is 18.7 Å². The second kappa shape index (κ2) is 10.2. The molecule has 32 heavy (non-hydrogen) atoms. The molecule has 2 heterocycles. The molecule has 0 aliphatic carbocycles. The topological polar surface area (TPSA) is 71.1 Å². The predicted molar refractivity (Wildman–Crippen MR) is 113 cm³/mol. The van der Waals surface area contributed by atoms with Gasteiger partial charge in [-0.2, -0.15) is 0 Å². The first-order chi connectivity index (χ1) is 15.1. The van der Waals surface area contributed by atoms with Gasteiger partial charge < -0.3 is 24.6 Å². The number of amides is 1. The van der Waals surface area contributed by atoms with Gasteiger partial charge in [-0.05, 0) is 51.9 Å². The van der Waals surface area contributed by atoms with Crippen LogP contribution < -0.4 is 10.1 Å². The molecule has 3 rings (SSSR count). The summed E-state index contributed by atoms with van der Waals surface area (Å²) in [4.78, 5) is 29.6. The van der Waals surface area contributed by atoms with Crippen molar-refractivity contribution in [3.63, 3.8) is 0 Å². The molecule has 2 aliphatic heterocycles. The largest absolute Gasteiger partial charge is 0.573 e. The number of anilines is 1. The van der Waals surface area contributed by atoms with Crippen LogP contribution in [-0.4, -0.2) is 73.4 Å². The van der Waals surface area contributed by atoms with Gasteiger partial charge in [-0.1, -0.05) is 11.6 Å². The van der Waals surface area contributed by atoms with Crippen LogP contribution in [0.3, 0.4) is 0 Å². The number of nitrogens with zero attached hydrogens (tertiary/aromatic N) is 2. The predicted octanol–water partition coefficient (Wildman–Crippen LogP) is 3.52. The zero-order chi connectivity index (χ0) is 23.5. The molecule has 0 aromatic heterocycles. The fourth-order valence-electron chi connectivity index (χ4n) is 4.33. The number of likely N-dealkylation sites (N-methyl/N-ethyl adjacent to an activating group) is 1. The summed E-state index contributed by atoms with van der Waals surface area (Å²) in [6.45, 7) is 3.79. The van der Waals surface area contributed by atoms with Crippen molar-refractivity contribution in [2.45, 2.75) is 44.6 Å². The number of hydrogen-bond acceptors (Lipinski definition) is 6. The normalized spacial score (nSPS) is 24.9. The number of benzene rings is 1. The van der Waals surface area contributed by atoms with Crippen LogP contribution in [0.5, 0.6) is 5.75 Å². The molecule has 0 radical (unpaired) electrons. The van der Waals surface area contributed by atoms with Crippen molar-refractivity contribution in [3.05, 3.63) is 23.2 Å². The quantitative estimate of drug-likeness (QED) is 0.632. The first-order valence-corrected chi connectivity index (χ1v) is 10.9. The Labute approximate surface area is 189 Å². The molecule has 178 valence electrons. The smallest absolute Gasteiger partial charge is 0.466 e. The van der Waals surface area contributed by atoms with Crippen LogP contribution in [0.15, 0.2) is 18.2 Å². The Morgan fingerprint density at radius 1 is 1.25 bits per heavy atom. The summed E-state index contributed by atoms with van der Waals surface area (Å²) < 4.78 is 46.9. The molecule has 3 atom stereocenters. The molecule has 7 nitrogen and oxygen atoms in total. The average molecular weight is 478 g/mol. The minimum atomic E-state index is -4.85. The Morgan fingerprint density at radius 3 is 2.69 bits per heavy atom. The number of ether oxygens (including phenoxy) is 2. The maximum atomic E-state index is 13.3. The number of carbonyl (C=O) groups is 2. The molecule has 1 unspecified atom stereocenters. The van der Waals surface area contributed by atoms with Crippen molar-refractivity contribution >= 4 is 29.2 Å². The van der Waals surface area contributed by atoms with E-state index in [1.807, 2.05) is 7.05 Å². The maximum absolute atomic E-state index is 13.3. The highest BCUT2D eigenvalue weighted by molar-refractivity contribution is 6.31. The van der Waals surface area contributed by atoms with Crippen LogP contribution in [0.25, 0.3) is 0 Å². The Bertz CT molecular complexity index is 839. The van der Waals surface area contributed by atoms with Gasteiger partial charge in [0.25, 0.3) is 0 Å². The minimum Gasteiger partial charge on any atom is -0.466 e. The van der Waals surface area contributed by atoms with E-state index in [4.69, 9.17) is 16.3 Å². The highest BCUT2D eigenvalue weighted by Gasteiger charge is 2.42. The number of likely N-dealkylation sites (tertiary alicyclic amines) is 2. The van der Waals surface area contributed by atoms with Crippen molar-refractivity contribution in [1.82, 2.24) is 9.80 Å². The molecule has 1 aromatic carbocycles. The summed E-state index contributed by atoms with van der Waals surface area (Å²) in [7, 11) is 1.94. The minimum absolute atomic E-state index is 0.0469. The van der Waals surface area contributed by atoms with Gasteiger partial charge in [0.15, 0.2) is 0 Å². The van der Waals surface area contributed by atoms with E-state index in [2.05, 4.69) is 15.0 Å². The van der Waals surface area contributed by atoms with Crippen LogP contribution in [0.2, 0.25) is 5.02 Å². The Morgan fingerprint density at radius 2 is 2.00 bits per heavy atom. The number of piperidine rings is 2. The molecule has 2 aliphatic rings. The van der Waals surface area contributed by atoms with E-state index in [9.17, 15) is 22.8 Å². The lowest BCUT2D eigenvalue weighted by Gasteiger charge is -2.45. The standard InChI is InChI=1S/C21H27ClF3N3O4/c1-3-31-20(30)16-6-8-27(2)12-18(16)28-7-4-5-17(19(28)29)26-14-9-13(22)10-15(11-14)32-21(23,24)25/h9-11,16-18,26H,3-8,12H2,1-2H3/t16-,17?,18-/m0/s1. The van der Waals surface area contributed by atoms with E-state index in [1.54, 1.807) is 11.8 Å². The lowest BCUT2D eigenvalue weighted by atomic mass is 9.88. The van der Waals surface area contributed by atoms with Crippen molar-refractivity contribution in [2.75, 3.05) is 38.6 Å². The maximum Gasteiger partial charge on any atom is 0.573 e. The second-order valence-electron chi connectivity index (χ2n) is 8.07. The summed E-state index contributed by atoms with van der Waals surface area (Å²) in [6.07, 6.45) is -3.07. The van der Waals surface area contributed by atoms with Crippen LogP contribution in [0, 0.1) is 5.92 Å². The number of nitrogens with one attached hydrogen (secondary N) is 1. The summed E-state index contributed by atoms with van der Waals surface area (Å²) in [5.74, 6) is -1.39. The lowest BCUT2D eigenvalue weighted by molar-refractivity contribution is -0.274. The van der Waals surface area contributed by atoms with Crippen molar-refractivity contribution in [3.8, 4) is 5.75 Å². The van der Waals surface area contributed by atoms with Gasteiger partial charge in [-0.25, -0.2) is 0 Å². The fraction of sp³-hybridized carbons (Fsp3) is 0.619. The van der Waals surface area contributed by atoms with E-state index >= 15 is 0 Å². The zero-order valence-electron chi connectivity index (χ0n) is 18.0. The van der Waals surface area contributed by atoms with Gasteiger partial charge in [-0.15, -0.1) is 13.2 Å². The third-order valence-electron chi connectivity index (χ3n) is 5.69. The molecule has 0 saturated carbocycles. The number of hydrogen-bond donors (Lipinski definition) is 1. The Kier molecular flexibility index (Phi) is 7.76. The molecule has 2 saturated heterocycles. The summed E-state index contributed by atoms with van der Waals surface area (Å²) >= 11 is 5.94. The van der Waals surface area contributed by atoms with E-state index in [0.29, 0.717) is 32.4 Å². The molecule has 11 heteroatoms. The highest BCUT2D eigenvalue weighted by Crippen LogP contribution is 2.31. The Hall–Kier alpha value is -2.20. The number of esters is 1. The average Bonchev–Trinajstić information content (AvgIpc) is 2.68. The molecule has 2 fully saturated rings. The van der Waals surface area contributed by atoms with Crippen molar-refractivity contribution in [2.24, 2.45) is 5.92 Å². The molecule has 0 bridgehead atoms. The van der Waals surface area contributed by atoms with Gasteiger partial charge in [0, 0.05) is 29.9 Å². The van der Waals surface area contributed by atoms with Crippen LogP contribution in [0.1, 0.15) is 26.2 Å². The zero-order valence-corrected chi connectivity index (χ0v) is 18.7. The molecule has 1 N–H and O–H groups in total. The first-order valence-electron chi connectivity index (χ1n) is 10.6. The summed E-state index contributed by atoms with van der Waals surface area (Å²) in [6, 6.07) is 2.66. The van der Waals surface area contributed by atoms with Gasteiger partial charge >= 0.3 is 12.3 Å². The van der Waals surface area contributed by atoms with Crippen molar-refractivity contribution < 1.29 is 32.2 Å². The highest BCUT2D eigenvalue weighted by atomic mass is 35.5. The lowest BCUT2D eigenvalue weighted by Crippen LogP contribution is -2.60. The van der Waals surface area contributed by atoms with Gasteiger partial charge in [0.1, 0.15) is 11.8 Å². The van der Waals surface area contributed by atoms with E-state index < -0.39 is 24.1 Å². The Balaban J connectivity index is 1.76. The molecule has 1 aromatic rings. The third-order valence-corrected chi connectivity index (χ3v) is 5.91. The van der Waals surface area contributed by atoms with Crippen LogP contribution in [-0.2, 0) is 14.3 Å². The van der Waals surface area contributed by atoms with Crippen LogP contribution in [0.4, 0.5) is 18.9 Å². The summed E-state index contributed by atoms with van der Waals surface area (Å²) in [5.41, 5.74) is 0.250. The second-order valence-corrected chi connectivity index (χ2v) is 8.51. The van der Waals surface area contributed by atoms with Gasteiger partial charge in [0.2, 0.25) is 5.91 Å². The molecular weight excluding hydrogens is 451 g/mol. The molecule has 1 amide bonds. The first kappa shape index (κ1) is 24.4. The fourth-order valence-corrected chi connectivity index (χ4v) is 4.56. The SMILES string of the molecule is CCOC(=O)[C@H]1CCN(C)C[C@@H]1N1CCCC(Nc2cc(Cl)cc(OC(F)(F)F)c2)C1=O. The molecular formula is C21H27ClF3N3O4. The van der Waals surface area contributed by atoms with E-state index in [-0.39, 0.29) is 35.2 Å². The van der Waals surface area contributed by atoms with Crippen LogP contribution >= 0.6 is 11.6 Å². The number of halogens is 4. The summed E-state index contributed by atoms with van der Waals surface area (Å²) in [5, 5.41) is 3.04. The number of rotatable bonds is 6. The van der Waals surface area contributed by atoms with Crippen molar-refractivity contribution in [1.29, 1.82) is 0 Å². The van der Waals surface area contributed by atoms with Gasteiger partial charge in [0.05, 0.1) is 18.6 Å². The third kappa shape index (κ3) is 6.19. The monoisotopic (exact) mass is 477 g/mol.